The third-order valence-corrected chi connectivity index (χ3v) is 6.41. The van der Waals surface area contributed by atoms with Gasteiger partial charge in [0.25, 0.3) is 0 Å². The molecule has 32 heavy (non-hydrogen) atoms. The second-order valence-corrected chi connectivity index (χ2v) is 8.69. The SMILES string of the molecule is Cn1cc(CSCCC(NC(=O)OCC2c3ccccc3-c3ccccc32)C(=O)O)nn1. The number of nitrogens with one attached hydrogen (secondary N) is 1. The van der Waals surface area contributed by atoms with Crippen molar-refractivity contribution >= 4 is 23.8 Å². The molecule has 3 aromatic rings. The lowest BCUT2D eigenvalue weighted by atomic mass is 9.98. The number of ether oxygens (including phenoxy) is 1. The Hall–Kier alpha value is -3.33. The number of hydrogen-bond acceptors (Lipinski definition) is 6. The van der Waals surface area contributed by atoms with Crippen molar-refractivity contribution in [3.63, 3.8) is 0 Å². The molecule has 1 aliphatic rings. The van der Waals surface area contributed by atoms with E-state index in [0.717, 1.165) is 27.9 Å². The summed E-state index contributed by atoms with van der Waals surface area (Å²) in [6.45, 7) is 0.146. The molecular formula is C23H24N4O4S. The number of aliphatic carboxylic acids is 1. The van der Waals surface area contributed by atoms with E-state index in [4.69, 9.17) is 4.74 Å². The normalized spacial score (nSPS) is 13.3. The van der Waals surface area contributed by atoms with E-state index in [2.05, 4.69) is 27.8 Å². The van der Waals surface area contributed by atoms with Crippen molar-refractivity contribution in [1.29, 1.82) is 0 Å². The molecule has 1 heterocycles. The van der Waals surface area contributed by atoms with Crippen molar-refractivity contribution in [1.82, 2.24) is 20.3 Å². The number of aryl methyl sites for hydroxylation is 1. The fourth-order valence-electron chi connectivity index (χ4n) is 3.88. The maximum absolute atomic E-state index is 12.4. The highest BCUT2D eigenvalue weighted by atomic mass is 32.2. The Balaban J connectivity index is 1.30. The van der Waals surface area contributed by atoms with Gasteiger partial charge in [-0.05, 0) is 34.4 Å². The molecule has 2 aromatic carbocycles. The Morgan fingerprint density at radius 1 is 1.16 bits per heavy atom. The minimum absolute atomic E-state index is 0.0704. The van der Waals surface area contributed by atoms with Crippen LogP contribution in [0.2, 0.25) is 0 Å². The van der Waals surface area contributed by atoms with E-state index < -0.39 is 18.1 Å². The summed E-state index contributed by atoms with van der Waals surface area (Å²) >= 11 is 1.54. The summed E-state index contributed by atoms with van der Waals surface area (Å²) in [6.07, 6.45) is 1.37. The van der Waals surface area contributed by atoms with E-state index in [0.29, 0.717) is 11.5 Å². The van der Waals surface area contributed by atoms with E-state index in [9.17, 15) is 14.7 Å². The predicted molar refractivity (Wildman–Crippen MR) is 121 cm³/mol. The van der Waals surface area contributed by atoms with E-state index >= 15 is 0 Å². The lowest BCUT2D eigenvalue weighted by Crippen LogP contribution is -2.41. The van der Waals surface area contributed by atoms with Crippen molar-refractivity contribution < 1.29 is 19.4 Å². The molecule has 1 atom stereocenters. The summed E-state index contributed by atoms with van der Waals surface area (Å²) < 4.78 is 7.08. The largest absolute Gasteiger partial charge is 0.480 e. The van der Waals surface area contributed by atoms with Crippen LogP contribution in [0.5, 0.6) is 0 Å². The molecule has 0 saturated heterocycles. The van der Waals surface area contributed by atoms with Gasteiger partial charge in [0.1, 0.15) is 12.6 Å². The number of carboxylic acid groups (broad SMARTS) is 1. The van der Waals surface area contributed by atoms with E-state index in [-0.39, 0.29) is 18.9 Å². The van der Waals surface area contributed by atoms with Crippen molar-refractivity contribution in [2.45, 2.75) is 24.1 Å². The Bertz CT molecular complexity index is 1070. The van der Waals surface area contributed by atoms with Gasteiger partial charge in [-0.25, -0.2) is 9.59 Å². The molecule has 1 amide bonds. The molecule has 1 unspecified atom stereocenters. The molecule has 8 nitrogen and oxygen atoms in total. The number of aromatic nitrogens is 3. The lowest BCUT2D eigenvalue weighted by Gasteiger charge is -2.17. The minimum Gasteiger partial charge on any atom is -0.480 e. The molecule has 166 valence electrons. The quantitative estimate of drug-likeness (QED) is 0.479. The smallest absolute Gasteiger partial charge is 0.407 e. The summed E-state index contributed by atoms with van der Waals surface area (Å²) in [5.74, 6) is 0.0278. The summed E-state index contributed by atoms with van der Waals surface area (Å²) in [4.78, 5) is 24.0. The summed E-state index contributed by atoms with van der Waals surface area (Å²) in [5.41, 5.74) is 5.32. The Morgan fingerprint density at radius 2 is 1.81 bits per heavy atom. The second kappa shape index (κ2) is 9.86. The number of carbonyl (C=O) groups is 2. The van der Waals surface area contributed by atoms with Gasteiger partial charge in [0.15, 0.2) is 0 Å². The molecule has 1 aliphatic carbocycles. The number of carboxylic acids is 1. The average molecular weight is 453 g/mol. The highest BCUT2D eigenvalue weighted by Gasteiger charge is 2.29. The standard InChI is InChI=1S/C23H24N4O4S/c1-27-12-15(25-26-27)14-32-11-10-21(22(28)29)24-23(30)31-13-20-18-8-4-2-6-16(18)17-7-3-5-9-19(17)20/h2-9,12,20-21H,10-11,13-14H2,1H3,(H,24,30)(H,28,29). The van der Waals surface area contributed by atoms with Gasteiger partial charge in [0.2, 0.25) is 0 Å². The number of thioether (sulfide) groups is 1. The maximum atomic E-state index is 12.4. The molecule has 0 radical (unpaired) electrons. The van der Waals surface area contributed by atoms with Crippen LogP contribution in [0, 0.1) is 0 Å². The van der Waals surface area contributed by atoms with Crippen LogP contribution < -0.4 is 5.32 Å². The van der Waals surface area contributed by atoms with Gasteiger partial charge in [-0.1, -0.05) is 53.7 Å². The van der Waals surface area contributed by atoms with Crippen LogP contribution in [0.3, 0.4) is 0 Å². The van der Waals surface area contributed by atoms with Gasteiger partial charge in [0, 0.05) is 24.9 Å². The number of amides is 1. The number of rotatable bonds is 9. The summed E-state index contributed by atoms with van der Waals surface area (Å²) in [6, 6.07) is 15.1. The lowest BCUT2D eigenvalue weighted by molar-refractivity contribution is -0.139. The molecule has 0 spiro atoms. The van der Waals surface area contributed by atoms with Gasteiger partial charge < -0.3 is 15.2 Å². The van der Waals surface area contributed by atoms with Crippen molar-refractivity contribution in [3.8, 4) is 11.1 Å². The molecule has 0 saturated carbocycles. The van der Waals surface area contributed by atoms with Crippen molar-refractivity contribution in [2.75, 3.05) is 12.4 Å². The van der Waals surface area contributed by atoms with Crippen molar-refractivity contribution in [3.05, 3.63) is 71.5 Å². The molecule has 0 bridgehead atoms. The van der Waals surface area contributed by atoms with Crippen LogP contribution in [0.25, 0.3) is 11.1 Å². The minimum atomic E-state index is -1.08. The van der Waals surface area contributed by atoms with Gasteiger partial charge in [-0.2, -0.15) is 11.8 Å². The average Bonchev–Trinajstić information content (AvgIpc) is 3.35. The molecule has 0 fully saturated rings. The number of carbonyl (C=O) groups excluding carboxylic acids is 1. The predicted octanol–water partition coefficient (Wildman–Crippen LogP) is 3.43. The number of fused-ring (bicyclic) bond motifs is 3. The number of nitrogens with zero attached hydrogens (tertiary/aromatic N) is 3. The summed E-state index contributed by atoms with van der Waals surface area (Å²) in [5, 5.41) is 19.8. The zero-order valence-corrected chi connectivity index (χ0v) is 18.4. The van der Waals surface area contributed by atoms with Crippen molar-refractivity contribution in [2.24, 2.45) is 7.05 Å². The number of benzene rings is 2. The highest BCUT2D eigenvalue weighted by molar-refractivity contribution is 7.98. The van der Waals surface area contributed by atoms with Crippen LogP contribution >= 0.6 is 11.8 Å². The Labute approximate surface area is 190 Å². The van der Waals surface area contributed by atoms with Crippen LogP contribution in [0.4, 0.5) is 4.79 Å². The zero-order valence-electron chi connectivity index (χ0n) is 17.6. The van der Waals surface area contributed by atoms with Gasteiger partial charge in [-0.15, -0.1) is 5.10 Å². The maximum Gasteiger partial charge on any atom is 0.407 e. The first kappa shape index (κ1) is 21.9. The first-order valence-electron chi connectivity index (χ1n) is 10.3. The van der Waals surface area contributed by atoms with E-state index in [1.54, 1.807) is 11.7 Å². The van der Waals surface area contributed by atoms with Gasteiger partial charge in [-0.3, -0.25) is 4.68 Å². The number of alkyl carbamates (subject to hydrolysis) is 1. The summed E-state index contributed by atoms with van der Waals surface area (Å²) in [7, 11) is 1.79. The van der Waals surface area contributed by atoms with Crippen LogP contribution in [0.15, 0.2) is 54.7 Å². The molecule has 4 rings (SSSR count). The first-order valence-corrected chi connectivity index (χ1v) is 11.5. The molecule has 0 aliphatic heterocycles. The Kier molecular flexibility index (Phi) is 6.75. The molecular weight excluding hydrogens is 428 g/mol. The fourth-order valence-corrected chi connectivity index (χ4v) is 4.77. The van der Waals surface area contributed by atoms with E-state index in [1.807, 2.05) is 42.6 Å². The van der Waals surface area contributed by atoms with Gasteiger partial charge in [0.05, 0.1) is 5.69 Å². The van der Waals surface area contributed by atoms with Crippen LogP contribution in [0.1, 0.15) is 29.2 Å². The Morgan fingerprint density at radius 3 is 2.41 bits per heavy atom. The fraction of sp³-hybridized carbons (Fsp3) is 0.304. The van der Waals surface area contributed by atoms with E-state index in [1.165, 1.54) is 11.8 Å². The third-order valence-electron chi connectivity index (χ3n) is 5.38. The molecule has 9 heteroatoms. The third kappa shape index (κ3) is 4.94. The highest BCUT2D eigenvalue weighted by Crippen LogP contribution is 2.44. The van der Waals surface area contributed by atoms with Gasteiger partial charge >= 0.3 is 12.1 Å². The molecule has 1 aromatic heterocycles. The number of hydrogen-bond donors (Lipinski definition) is 2. The van der Waals surface area contributed by atoms with Crippen LogP contribution in [-0.4, -0.2) is 50.6 Å². The van der Waals surface area contributed by atoms with Crippen LogP contribution in [-0.2, 0) is 22.3 Å². The second-order valence-electron chi connectivity index (χ2n) is 7.59. The zero-order chi connectivity index (χ0) is 22.5. The molecule has 2 N–H and O–H groups in total. The topological polar surface area (TPSA) is 106 Å². The monoisotopic (exact) mass is 452 g/mol. The first-order chi connectivity index (χ1) is 15.5.